The molecule has 0 aliphatic heterocycles. The van der Waals surface area contributed by atoms with Crippen LogP contribution in [0.25, 0.3) is 6.08 Å². The molecule has 2 N–H and O–H groups in total. The van der Waals surface area contributed by atoms with Crippen LogP contribution in [0.1, 0.15) is 5.56 Å². The standard InChI is InChI=1S/C13H14N2O3/c1-18-7-6-15-13(17)11(9-14)8-10-2-4-12(16)5-3-10/h2-5,8,16H,6-7H2,1H3,(H,15,17)/b11-8+. The number of hydrogen-bond donors (Lipinski definition) is 2. The molecule has 0 saturated heterocycles. The first kappa shape index (κ1) is 13.7. The van der Waals surface area contributed by atoms with Crippen LogP contribution in [0.5, 0.6) is 5.75 Å². The van der Waals surface area contributed by atoms with E-state index in [1.54, 1.807) is 12.1 Å². The van der Waals surface area contributed by atoms with Crippen LogP contribution in [-0.4, -0.2) is 31.3 Å². The second-order valence-electron chi connectivity index (χ2n) is 3.51. The fourth-order valence-electron chi connectivity index (χ4n) is 1.25. The van der Waals surface area contributed by atoms with Crippen LogP contribution in [-0.2, 0) is 9.53 Å². The summed E-state index contributed by atoms with van der Waals surface area (Å²) in [6, 6.07) is 8.06. The van der Waals surface area contributed by atoms with Gasteiger partial charge in [-0.3, -0.25) is 4.79 Å². The van der Waals surface area contributed by atoms with Gasteiger partial charge in [0.15, 0.2) is 0 Å². The number of nitriles is 1. The summed E-state index contributed by atoms with van der Waals surface area (Å²) in [6.45, 7) is 0.744. The van der Waals surface area contributed by atoms with E-state index >= 15 is 0 Å². The Hall–Kier alpha value is -2.32. The third-order valence-corrected chi connectivity index (χ3v) is 2.16. The van der Waals surface area contributed by atoms with Crippen LogP contribution in [0.15, 0.2) is 29.8 Å². The zero-order valence-corrected chi connectivity index (χ0v) is 10.0. The van der Waals surface area contributed by atoms with Gasteiger partial charge in [0.05, 0.1) is 6.61 Å². The number of rotatable bonds is 5. The Bertz CT molecular complexity index is 472. The minimum atomic E-state index is -0.442. The second-order valence-corrected chi connectivity index (χ2v) is 3.51. The van der Waals surface area contributed by atoms with Crippen LogP contribution >= 0.6 is 0 Å². The molecule has 0 saturated carbocycles. The smallest absolute Gasteiger partial charge is 0.262 e. The molecule has 0 aliphatic rings. The molecule has 1 aromatic rings. The van der Waals surface area contributed by atoms with Crippen molar-refractivity contribution in [1.82, 2.24) is 5.32 Å². The zero-order valence-electron chi connectivity index (χ0n) is 10.0. The summed E-state index contributed by atoms with van der Waals surface area (Å²) in [5, 5.41) is 20.6. The molecule has 1 amide bonds. The number of benzene rings is 1. The van der Waals surface area contributed by atoms with Gasteiger partial charge in [0.1, 0.15) is 17.4 Å². The maximum Gasteiger partial charge on any atom is 0.262 e. The van der Waals surface area contributed by atoms with Crippen LogP contribution in [0.4, 0.5) is 0 Å². The Morgan fingerprint density at radius 1 is 1.50 bits per heavy atom. The summed E-state index contributed by atoms with van der Waals surface area (Å²) < 4.78 is 4.79. The van der Waals surface area contributed by atoms with E-state index in [1.807, 2.05) is 6.07 Å². The van der Waals surface area contributed by atoms with Crippen LogP contribution in [0, 0.1) is 11.3 Å². The maximum absolute atomic E-state index is 11.6. The summed E-state index contributed by atoms with van der Waals surface area (Å²) in [4.78, 5) is 11.6. The van der Waals surface area contributed by atoms with Gasteiger partial charge in [0, 0.05) is 13.7 Å². The van der Waals surface area contributed by atoms with Crippen LogP contribution < -0.4 is 5.32 Å². The first-order valence-electron chi connectivity index (χ1n) is 5.35. The maximum atomic E-state index is 11.6. The highest BCUT2D eigenvalue weighted by Gasteiger charge is 2.07. The lowest BCUT2D eigenvalue weighted by molar-refractivity contribution is -0.117. The summed E-state index contributed by atoms with van der Waals surface area (Å²) in [6.07, 6.45) is 1.46. The number of phenols is 1. The number of phenolic OH excluding ortho intramolecular Hbond substituents is 1. The van der Waals surface area contributed by atoms with E-state index in [0.717, 1.165) is 0 Å². The molecule has 0 bridgehead atoms. The summed E-state index contributed by atoms with van der Waals surface area (Å²) in [5.41, 5.74) is 0.683. The van der Waals surface area contributed by atoms with Crippen molar-refractivity contribution in [2.45, 2.75) is 0 Å². The quantitative estimate of drug-likeness (QED) is 0.462. The number of carbonyl (C=O) groups is 1. The Labute approximate surface area is 105 Å². The molecule has 1 rings (SSSR count). The molecule has 18 heavy (non-hydrogen) atoms. The van der Waals surface area contributed by atoms with E-state index in [9.17, 15) is 4.79 Å². The molecule has 94 valence electrons. The van der Waals surface area contributed by atoms with Gasteiger partial charge >= 0.3 is 0 Å². The fourth-order valence-corrected chi connectivity index (χ4v) is 1.25. The molecule has 0 unspecified atom stereocenters. The normalized spacial score (nSPS) is 10.8. The van der Waals surface area contributed by atoms with E-state index in [0.29, 0.717) is 18.7 Å². The monoisotopic (exact) mass is 246 g/mol. The van der Waals surface area contributed by atoms with Crippen molar-refractivity contribution < 1.29 is 14.6 Å². The highest BCUT2D eigenvalue weighted by Crippen LogP contribution is 2.12. The van der Waals surface area contributed by atoms with E-state index in [2.05, 4.69) is 5.32 Å². The van der Waals surface area contributed by atoms with Crippen molar-refractivity contribution in [1.29, 1.82) is 5.26 Å². The van der Waals surface area contributed by atoms with Crippen molar-refractivity contribution in [3.8, 4) is 11.8 Å². The Morgan fingerprint density at radius 2 is 2.17 bits per heavy atom. The van der Waals surface area contributed by atoms with E-state index < -0.39 is 5.91 Å². The molecule has 5 nitrogen and oxygen atoms in total. The number of carbonyl (C=O) groups excluding carboxylic acids is 1. The van der Waals surface area contributed by atoms with Crippen molar-refractivity contribution in [3.05, 3.63) is 35.4 Å². The van der Waals surface area contributed by atoms with Crippen molar-refractivity contribution >= 4 is 12.0 Å². The number of nitrogens with zero attached hydrogens (tertiary/aromatic N) is 1. The minimum Gasteiger partial charge on any atom is -0.508 e. The van der Waals surface area contributed by atoms with Gasteiger partial charge in [-0.2, -0.15) is 5.26 Å². The first-order valence-corrected chi connectivity index (χ1v) is 5.35. The predicted molar refractivity (Wildman–Crippen MR) is 66.6 cm³/mol. The average Bonchev–Trinajstić information content (AvgIpc) is 2.38. The number of ether oxygens (including phenoxy) is 1. The summed E-state index contributed by atoms with van der Waals surface area (Å²) in [5.74, 6) is -0.308. The lowest BCUT2D eigenvalue weighted by Gasteiger charge is -2.03. The van der Waals surface area contributed by atoms with Gasteiger partial charge in [0.2, 0.25) is 0 Å². The van der Waals surface area contributed by atoms with Crippen molar-refractivity contribution in [2.24, 2.45) is 0 Å². The van der Waals surface area contributed by atoms with Gasteiger partial charge in [-0.1, -0.05) is 12.1 Å². The SMILES string of the molecule is COCCNC(=O)/C(C#N)=C/c1ccc(O)cc1. The number of hydrogen-bond acceptors (Lipinski definition) is 4. The van der Waals surface area contributed by atoms with Gasteiger partial charge in [-0.25, -0.2) is 0 Å². The number of nitrogens with one attached hydrogen (secondary N) is 1. The molecule has 0 spiro atoms. The van der Waals surface area contributed by atoms with Crippen molar-refractivity contribution in [2.75, 3.05) is 20.3 Å². The number of methoxy groups -OCH3 is 1. The minimum absolute atomic E-state index is 0.0109. The molecule has 0 aromatic heterocycles. The number of aromatic hydroxyl groups is 1. The molecule has 1 aromatic carbocycles. The van der Waals surface area contributed by atoms with Crippen molar-refractivity contribution in [3.63, 3.8) is 0 Å². The van der Waals surface area contributed by atoms with E-state index in [4.69, 9.17) is 15.1 Å². The highest BCUT2D eigenvalue weighted by molar-refractivity contribution is 6.01. The molecular formula is C13H14N2O3. The summed E-state index contributed by atoms with van der Waals surface area (Å²) in [7, 11) is 1.53. The van der Waals surface area contributed by atoms with E-state index in [1.165, 1.54) is 25.3 Å². The zero-order chi connectivity index (χ0) is 13.4. The fraction of sp³-hybridized carbons (Fsp3) is 0.231. The third kappa shape index (κ3) is 4.28. The molecule has 0 heterocycles. The molecule has 0 aliphatic carbocycles. The second kappa shape index (κ2) is 7.09. The first-order chi connectivity index (χ1) is 8.67. The van der Waals surface area contributed by atoms with Crippen LogP contribution in [0.2, 0.25) is 0 Å². The molecule has 0 fully saturated rings. The van der Waals surface area contributed by atoms with Gasteiger partial charge in [0.25, 0.3) is 5.91 Å². The molecule has 5 heteroatoms. The Kier molecular flexibility index (Phi) is 5.42. The topological polar surface area (TPSA) is 82.3 Å². The lowest BCUT2D eigenvalue weighted by atomic mass is 10.1. The summed E-state index contributed by atoms with van der Waals surface area (Å²) >= 11 is 0. The largest absolute Gasteiger partial charge is 0.508 e. The predicted octanol–water partition coefficient (Wildman–Crippen LogP) is 1.06. The van der Waals surface area contributed by atoms with E-state index in [-0.39, 0.29) is 11.3 Å². The highest BCUT2D eigenvalue weighted by atomic mass is 16.5. The van der Waals surface area contributed by atoms with Crippen LogP contribution in [0.3, 0.4) is 0 Å². The Balaban J connectivity index is 2.74. The van der Waals surface area contributed by atoms with Gasteiger partial charge in [-0.05, 0) is 23.8 Å². The van der Waals surface area contributed by atoms with Gasteiger partial charge in [-0.15, -0.1) is 0 Å². The third-order valence-electron chi connectivity index (χ3n) is 2.16. The number of amides is 1. The molecule has 0 radical (unpaired) electrons. The molecule has 0 atom stereocenters. The lowest BCUT2D eigenvalue weighted by Crippen LogP contribution is -2.27. The van der Waals surface area contributed by atoms with Gasteiger partial charge < -0.3 is 15.2 Å². The Morgan fingerprint density at radius 3 is 2.72 bits per heavy atom. The molecular weight excluding hydrogens is 232 g/mol. The average molecular weight is 246 g/mol.